The zero-order valence-corrected chi connectivity index (χ0v) is 13.9. The lowest BCUT2D eigenvalue weighted by Gasteiger charge is -2.13. The third-order valence-corrected chi connectivity index (χ3v) is 3.03. The van der Waals surface area contributed by atoms with Crippen molar-refractivity contribution in [1.29, 1.82) is 5.26 Å². The molecule has 0 aromatic heterocycles. The second kappa shape index (κ2) is 8.76. The summed E-state index contributed by atoms with van der Waals surface area (Å²) in [5.41, 5.74) is 0.483. The molecule has 1 amide bonds. The normalized spacial score (nSPS) is 10.3. The highest BCUT2D eigenvalue weighted by atomic mass is 79.9. The highest BCUT2D eigenvalue weighted by Crippen LogP contribution is 2.36. The fourth-order valence-corrected chi connectivity index (χ4v) is 2.13. The van der Waals surface area contributed by atoms with Crippen molar-refractivity contribution in [2.24, 2.45) is 0 Å². The summed E-state index contributed by atoms with van der Waals surface area (Å²) in [6, 6.07) is 5.30. The van der Waals surface area contributed by atoms with Gasteiger partial charge in [-0.1, -0.05) is 21.9 Å². The number of amides is 1. The predicted octanol–water partition coefficient (Wildman–Crippen LogP) is 2.51. The van der Waals surface area contributed by atoms with Crippen LogP contribution in [0.4, 0.5) is 0 Å². The van der Waals surface area contributed by atoms with Gasteiger partial charge in [-0.3, -0.25) is 4.79 Å². The smallest absolute Gasteiger partial charge is 0.261 e. The molecule has 0 saturated heterocycles. The van der Waals surface area contributed by atoms with E-state index in [-0.39, 0.29) is 12.2 Å². The number of carbonyl (C=O) groups is 1. The molecule has 0 bridgehead atoms. The monoisotopic (exact) mass is 362 g/mol. The average molecular weight is 363 g/mol. The topological polar surface area (TPSA) is 71.3 Å². The van der Waals surface area contributed by atoms with Crippen molar-refractivity contribution in [2.45, 2.75) is 6.92 Å². The maximum Gasteiger partial charge on any atom is 0.261 e. The van der Waals surface area contributed by atoms with Crippen molar-refractivity contribution >= 4 is 27.9 Å². The predicted molar refractivity (Wildman–Crippen MR) is 87.3 cm³/mol. The molecule has 0 aliphatic carbocycles. The van der Waals surface area contributed by atoms with Crippen molar-refractivity contribution < 1.29 is 14.3 Å². The van der Waals surface area contributed by atoms with Crippen LogP contribution >= 0.6 is 15.9 Å². The van der Waals surface area contributed by atoms with E-state index < -0.39 is 5.91 Å². The minimum atomic E-state index is -0.452. The van der Waals surface area contributed by atoms with Crippen LogP contribution < -0.4 is 14.8 Å². The Labute approximate surface area is 138 Å². The van der Waals surface area contributed by atoms with Gasteiger partial charge in [0.25, 0.3) is 5.91 Å². The number of hydrogen-bond acceptors (Lipinski definition) is 4. The number of likely N-dealkylation sites (N-methyl/N-ethyl adjacent to an activating group) is 1. The summed E-state index contributed by atoms with van der Waals surface area (Å²) in [6.07, 6.45) is 6.64. The number of halogens is 1. The van der Waals surface area contributed by atoms with E-state index in [2.05, 4.69) is 27.2 Å². The molecule has 0 radical (unpaired) electrons. The van der Waals surface area contributed by atoms with Crippen LogP contribution in [0, 0.1) is 23.7 Å². The largest absolute Gasteiger partial charge is 0.493 e. The molecule has 1 rings (SSSR count). The molecule has 0 aliphatic heterocycles. The van der Waals surface area contributed by atoms with Gasteiger partial charge in [0.15, 0.2) is 11.5 Å². The molecule has 0 heterocycles. The SMILES string of the molecule is C#CCOc1c(/C=C(\C#N)C(=O)NCC)cc(Br)cc1OC. The van der Waals surface area contributed by atoms with E-state index in [0.29, 0.717) is 23.6 Å². The Kier molecular flexibility index (Phi) is 7.01. The Morgan fingerprint density at radius 2 is 2.27 bits per heavy atom. The van der Waals surface area contributed by atoms with E-state index >= 15 is 0 Å². The van der Waals surface area contributed by atoms with E-state index in [9.17, 15) is 4.79 Å². The zero-order valence-electron chi connectivity index (χ0n) is 12.3. The van der Waals surface area contributed by atoms with Crippen LogP contribution in [0.15, 0.2) is 22.2 Å². The molecule has 22 heavy (non-hydrogen) atoms. The molecule has 0 fully saturated rings. The first-order valence-corrected chi connectivity index (χ1v) is 7.20. The fraction of sp³-hybridized carbons (Fsp3) is 0.250. The molecule has 1 aromatic carbocycles. The van der Waals surface area contributed by atoms with Crippen molar-refractivity contribution in [3.05, 3.63) is 27.7 Å². The Balaban J connectivity index is 3.38. The van der Waals surface area contributed by atoms with Gasteiger partial charge >= 0.3 is 0 Å². The van der Waals surface area contributed by atoms with Crippen molar-refractivity contribution in [2.75, 3.05) is 20.3 Å². The minimum Gasteiger partial charge on any atom is -0.493 e. The number of ether oxygens (including phenoxy) is 2. The van der Waals surface area contributed by atoms with Gasteiger partial charge in [0, 0.05) is 16.6 Å². The third-order valence-electron chi connectivity index (χ3n) is 2.57. The molecule has 5 nitrogen and oxygen atoms in total. The Hall–Kier alpha value is -2.44. The first-order chi connectivity index (χ1) is 10.6. The number of benzene rings is 1. The van der Waals surface area contributed by atoms with Gasteiger partial charge in [0.2, 0.25) is 0 Å². The summed E-state index contributed by atoms with van der Waals surface area (Å²) < 4.78 is 11.5. The molecular formula is C16H15BrN2O3. The maximum atomic E-state index is 11.8. The second-order valence-corrected chi connectivity index (χ2v) is 4.96. The van der Waals surface area contributed by atoms with Crippen LogP contribution in [0.2, 0.25) is 0 Å². The van der Waals surface area contributed by atoms with E-state index in [1.807, 2.05) is 6.07 Å². The molecule has 0 aliphatic rings. The van der Waals surface area contributed by atoms with E-state index in [1.54, 1.807) is 19.1 Å². The molecule has 0 unspecified atom stereocenters. The summed E-state index contributed by atoms with van der Waals surface area (Å²) in [4.78, 5) is 11.8. The number of nitrogens with zero attached hydrogens (tertiary/aromatic N) is 1. The highest BCUT2D eigenvalue weighted by molar-refractivity contribution is 9.10. The van der Waals surface area contributed by atoms with E-state index in [0.717, 1.165) is 4.47 Å². The van der Waals surface area contributed by atoms with Gasteiger partial charge in [0.05, 0.1) is 7.11 Å². The molecule has 0 atom stereocenters. The molecule has 0 spiro atoms. The van der Waals surface area contributed by atoms with Crippen molar-refractivity contribution in [1.82, 2.24) is 5.32 Å². The molecule has 1 N–H and O–H groups in total. The van der Waals surface area contributed by atoms with Gasteiger partial charge in [-0.25, -0.2) is 0 Å². The lowest BCUT2D eigenvalue weighted by Crippen LogP contribution is -2.23. The Morgan fingerprint density at radius 1 is 1.55 bits per heavy atom. The molecule has 0 saturated carbocycles. The van der Waals surface area contributed by atoms with Gasteiger partial charge in [-0.05, 0) is 25.1 Å². The number of nitrogens with one attached hydrogen (secondary N) is 1. The van der Waals surface area contributed by atoms with Gasteiger partial charge in [-0.15, -0.1) is 6.42 Å². The lowest BCUT2D eigenvalue weighted by molar-refractivity contribution is -0.116. The molecule has 6 heteroatoms. The van der Waals surface area contributed by atoms with Crippen molar-refractivity contribution in [3.63, 3.8) is 0 Å². The number of nitriles is 1. The van der Waals surface area contributed by atoms with Gasteiger partial charge in [-0.2, -0.15) is 5.26 Å². The summed E-state index contributed by atoms with van der Waals surface area (Å²) in [6.45, 7) is 2.25. The van der Waals surface area contributed by atoms with Gasteiger partial charge < -0.3 is 14.8 Å². The minimum absolute atomic E-state index is 0.0347. The molecule has 1 aromatic rings. The van der Waals surface area contributed by atoms with Crippen molar-refractivity contribution in [3.8, 4) is 29.9 Å². The summed E-state index contributed by atoms with van der Waals surface area (Å²) in [5, 5.41) is 11.7. The average Bonchev–Trinajstić information content (AvgIpc) is 2.51. The first kappa shape index (κ1) is 17.6. The molecule has 114 valence electrons. The maximum absolute atomic E-state index is 11.8. The highest BCUT2D eigenvalue weighted by Gasteiger charge is 2.14. The number of methoxy groups -OCH3 is 1. The van der Waals surface area contributed by atoms with Crippen LogP contribution in [0.5, 0.6) is 11.5 Å². The lowest BCUT2D eigenvalue weighted by atomic mass is 10.1. The summed E-state index contributed by atoms with van der Waals surface area (Å²) in [5.74, 6) is 2.74. The molecular weight excluding hydrogens is 348 g/mol. The third kappa shape index (κ3) is 4.54. The van der Waals surface area contributed by atoms with Crippen LogP contribution in [-0.2, 0) is 4.79 Å². The van der Waals surface area contributed by atoms with Crippen LogP contribution in [0.1, 0.15) is 12.5 Å². The van der Waals surface area contributed by atoms with E-state index in [4.69, 9.17) is 21.2 Å². The Bertz CT molecular complexity index is 669. The zero-order chi connectivity index (χ0) is 16.5. The number of rotatable bonds is 6. The van der Waals surface area contributed by atoms with Crippen LogP contribution in [0.3, 0.4) is 0 Å². The summed E-state index contributed by atoms with van der Waals surface area (Å²) >= 11 is 3.35. The Morgan fingerprint density at radius 3 is 2.82 bits per heavy atom. The van der Waals surface area contributed by atoms with E-state index in [1.165, 1.54) is 13.2 Å². The second-order valence-electron chi connectivity index (χ2n) is 4.05. The standard InChI is InChI=1S/C16H15BrN2O3/c1-4-6-22-15-11(8-13(17)9-14(15)21-3)7-12(10-18)16(20)19-5-2/h1,7-9H,5-6H2,2-3H3,(H,19,20)/b12-7+. The first-order valence-electron chi connectivity index (χ1n) is 6.41. The van der Waals surface area contributed by atoms with Crippen LogP contribution in [-0.4, -0.2) is 26.2 Å². The number of hydrogen-bond donors (Lipinski definition) is 1. The quantitative estimate of drug-likeness (QED) is 0.479. The fourth-order valence-electron chi connectivity index (χ4n) is 1.68. The summed E-state index contributed by atoms with van der Waals surface area (Å²) in [7, 11) is 1.49. The number of terminal acetylenes is 1. The van der Waals surface area contributed by atoms with Gasteiger partial charge in [0.1, 0.15) is 18.2 Å². The number of carbonyl (C=O) groups excluding carboxylic acids is 1. The van der Waals surface area contributed by atoms with Crippen LogP contribution in [0.25, 0.3) is 6.08 Å².